The first-order chi connectivity index (χ1) is 8.21. The van der Waals surface area contributed by atoms with Gasteiger partial charge in [0.05, 0.1) is 19.8 Å². The lowest BCUT2D eigenvalue weighted by atomic mass is 10.2. The van der Waals surface area contributed by atoms with Crippen molar-refractivity contribution in [3.05, 3.63) is 18.1 Å². The van der Waals surface area contributed by atoms with Crippen molar-refractivity contribution in [2.45, 2.75) is 19.4 Å². The molecule has 0 saturated heterocycles. The summed E-state index contributed by atoms with van der Waals surface area (Å²) in [6.07, 6.45) is 2.41. The number of hydrogen-bond acceptors (Lipinski definition) is 6. The van der Waals surface area contributed by atoms with Crippen LogP contribution in [0.4, 0.5) is 5.82 Å². The van der Waals surface area contributed by atoms with Gasteiger partial charge in [-0.05, 0) is 12.5 Å². The van der Waals surface area contributed by atoms with Crippen molar-refractivity contribution >= 4 is 11.8 Å². The summed E-state index contributed by atoms with van der Waals surface area (Å²) >= 11 is 0. The molecule has 0 aliphatic carbocycles. The first-order valence-electron chi connectivity index (χ1n) is 5.38. The van der Waals surface area contributed by atoms with Gasteiger partial charge in [0.15, 0.2) is 0 Å². The smallest absolute Gasteiger partial charge is 0.376 e. The van der Waals surface area contributed by atoms with Crippen molar-refractivity contribution in [3.63, 3.8) is 0 Å². The minimum absolute atomic E-state index is 0.0461. The van der Waals surface area contributed by atoms with Crippen molar-refractivity contribution < 1.29 is 14.3 Å². The molecule has 1 atom stereocenters. The zero-order valence-corrected chi connectivity index (χ0v) is 10.3. The molecular weight excluding hydrogens is 222 g/mol. The zero-order valence-electron chi connectivity index (χ0n) is 10.3. The molecule has 0 spiro atoms. The highest BCUT2D eigenvalue weighted by atomic mass is 16.5. The first kappa shape index (κ1) is 13.4. The van der Waals surface area contributed by atoms with Gasteiger partial charge in [-0.3, -0.25) is 0 Å². The molecule has 94 valence electrons. The highest BCUT2D eigenvalue weighted by Gasteiger charge is 2.11. The second-order valence-corrected chi connectivity index (χ2v) is 3.46. The van der Waals surface area contributed by atoms with E-state index in [2.05, 4.69) is 20.0 Å². The monoisotopic (exact) mass is 239 g/mol. The molecule has 1 rings (SSSR count). The lowest BCUT2D eigenvalue weighted by Crippen LogP contribution is -2.25. The predicted molar refractivity (Wildman–Crippen MR) is 62.9 cm³/mol. The Kier molecular flexibility index (Phi) is 5.35. The molecule has 0 aromatic carbocycles. The molecule has 0 radical (unpaired) electrons. The summed E-state index contributed by atoms with van der Waals surface area (Å²) < 4.78 is 9.62. The molecule has 0 bridgehead atoms. The molecule has 0 fully saturated rings. The number of esters is 1. The SMILES string of the molecule is CCC(COC)Nc1ccnc(C(=O)OC)n1. The number of nitrogens with one attached hydrogen (secondary N) is 1. The highest BCUT2D eigenvalue weighted by molar-refractivity contribution is 5.85. The van der Waals surface area contributed by atoms with Crippen LogP contribution in [-0.2, 0) is 9.47 Å². The standard InChI is InChI=1S/C11H17N3O3/c1-4-8(7-16-2)13-9-5-6-12-10(14-9)11(15)17-3/h5-6,8H,4,7H2,1-3H3,(H,12,13,14). The molecule has 0 aliphatic rings. The van der Waals surface area contributed by atoms with Crippen LogP contribution in [0.25, 0.3) is 0 Å². The number of nitrogens with zero attached hydrogens (tertiary/aromatic N) is 2. The molecule has 1 unspecified atom stereocenters. The summed E-state index contributed by atoms with van der Waals surface area (Å²) in [5, 5.41) is 3.17. The summed E-state index contributed by atoms with van der Waals surface area (Å²) in [6, 6.07) is 1.85. The Labute approximate surface area is 100 Å². The van der Waals surface area contributed by atoms with Gasteiger partial charge in [-0.2, -0.15) is 0 Å². The molecule has 0 saturated carbocycles. The molecule has 6 heteroatoms. The van der Waals surface area contributed by atoms with Crippen molar-refractivity contribution in [2.75, 3.05) is 26.1 Å². The van der Waals surface area contributed by atoms with E-state index in [1.54, 1.807) is 13.2 Å². The van der Waals surface area contributed by atoms with Crippen LogP contribution in [0.5, 0.6) is 0 Å². The van der Waals surface area contributed by atoms with Crippen LogP contribution in [0.2, 0.25) is 0 Å². The molecule has 1 aromatic heterocycles. The van der Waals surface area contributed by atoms with Gasteiger partial charge in [-0.1, -0.05) is 6.92 Å². The largest absolute Gasteiger partial charge is 0.463 e. The van der Waals surface area contributed by atoms with E-state index in [1.165, 1.54) is 13.3 Å². The topological polar surface area (TPSA) is 73.3 Å². The Morgan fingerprint density at radius 2 is 2.29 bits per heavy atom. The molecule has 17 heavy (non-hydrogen) atoms. The molecule has 1 aromatic rings. The Bertz CT molecular complexity index is 371. The van der Waals surface area contributed by atoms with E-state index in [1.807, 2.05) is 6.92 Å². The Hall–Kier alpha value is -1.69. The van der Waals surface area contributed by atoms with Gasteiger partial charge >= 0.3 is 5.97 Å². The summed E-state index contributed by atoms with van der Waals surface area (Å²) in [6.45, 7) is 2.62. The number of ether oxygens (including phenoxy) is 2. The highest BCUT2D eigenvalue weighted by Crippen LogP contribution is 2.07. The van der Waals surface area contributed by atoms with Crippen LogP contribution < -0.4 is 5.32 Å². The summed E-state index contributed by atoms with van der Waals surface area (Å²) in [7, 11) is 2.94. The van der Waals surface area contributed by atoms with Crippen molar-refractivity contribution in [3.8, 4) is 0 Å². The number of carbonyl (C=O) groups excluding carboxylic acids is 1. The maximum absolute atomic E-state index is 11.2. The first-order valence-corrected chi connectivity index (χ1v) is 5.38. The normalized spacial score (nSPS) is 11.9. The van der Waals surface area contributed by atoms with Crippen LogP contribution in [0.3, 0.4) is 0 Å². The van der Waals surface area contributed by atoms with Crippen LogP contribution in [0, 0.1) is 0 Å². The second-order valence-electron chi connectivity index (χ2n) is 3.46. The van der Waals surface area contributed by atoms with E-state index in [9.17, 15) is 4.79 Å². The zero-order chi connectivity index (χ0) is 12.7. The summed E-state index contributed by atoms with van der Waals surface area (Å²) in [5.41, 5.74) is 0. The Morgan fingerprint density at radius 3 is 2.88 bits per heavy atom. The van der Waals surface area contributed by atoms with Gasteiger partial charge < -0.3 is 14.8 Å². The number of rotatable bonds is 6. The van der Waals surface area contributed by atoms with Crippen molar-refractivity contribution in [2.24, 2.45) is 0 Å². The third-order valence-corrected chi connectivity index (χ3v) is 2.24. The number of anilines is 1. The number of aromatic nitrogens is 2. The van der Waals surface area contributed by atoms with E-state index in [0.29, 0.717) is 12.4 Å². The summed E-state index contributed by atoms with van der Waals surface area (Å²) in [4.78, 5) is 19.1. The molecular formula is C11H17N3O3. The van der Waals surface area contributed by atoms with E-state index in [-0.39, 0.29) is 11.9 Å². The van der Waals surface area contributed by atoms with Crippen molar-refractivity contribution in [1.29, 1.82) is 0 Å². The fourth-order valence-corrected chi connectivity index (χ4v) is 1.30. The maximum Gasteiger partial charge on any atom is 0.376 e. The van der Waals surface area contributed by atoms with Gasteiger partial charge in [0, 0.05) is 13.3 Å². The van der Waals surface area contributed by atoms with Crippen LogP contribution in [0.1, 0.15) is 24.0 Å². The van der Waals surface area contributed by atoms with Crippen LogP contribution in [0.15, 0.2) is 12.3 Å². The van der Waals surface area contributed by atoms with E-state index >= 15 is 0 Å². The summed E-state index contributed by atoms with van der Waals surface area (Å²) in [5.74, 6) is 0.0857. The van der Waals surface area contributed by atoms with Crippen LogP contribution >= 0.6 is 0 Å². The predicted octanol–water partition coefficient (Wildman–Crippen LogP) is 1.10. The van der Waals surface area contributed by atoms with E-state index in [0.717, 1.165) is 6.42 Å². The lowest BCUT2D eigenvalue weighted by Gasteiger charge is -2.16. The number of carbonyl (C=O) groups is 1. The van der Waals surface area contributed by atoms with Gasteiger partial charge in [-0.15, -0.1) is 0 Å². The fraction of sp³-hybridized carbons (Fsp3) is 0.545. The number of hydrogen-bond donors (Lipinski definition) is 1. The average Bonchev–Trinajstić information content (AvgIpc) is 2.37. The maximum atomic E-state index is 11.2. The fourth-order valence-electron chi connectivity index (χ4n) is 1.30. The third-order valence-electron chi connectivity index (χ3n) is 2.24. The Morgan fingerprint density at radius 1 is 1.53 bits per heavy atom. The molecule has 0 amide bonds. The van der Waals surface area contributed by atoms with Crippen LogP contribution in [-0.4, -0.2) is 42.8 Å². The Balaban J connectivity index is 2.74. The van der Waals surface area contributed by atoms with Gasteiger partial charge in [0.25, 0.3) is 0 Å². The van der Waals surface area contributed by atoms with Gasteiger partial charge in [0.2, 0.25) is 5.82 Å². The quantitative estimate of drug-likeness (QED) is 0.749. The second kappa shape index (κ2) is 6.80. The van der Waals surface area contributed by atoms with Gasteiger partial charge in [0.1, 0.15) is 5.82 Å². The average molecular weight is 239 g/mol. The molecule has 1 N–H and O–H groups in total. The molecule has 1 heterocycles. The third kappa shape index (κ3) is 3.99. The van der Waals surface area contributed by atoms with E-state index < -0.39 is 5.97 Å². The lowest BCUT2D eigenvalue weighted by molar-refractivity contribution is 0.0587. The van der Waals surface area contributed by atoms with E-state index in [4.69, 9.17) is 4.74 Å². The molecule has 0 aliphatic heterocycles. The number of methoxy groups -OCH3 is 2. The van der Waals surface area contributed by atoms with Gasteiger partial charge in [-0.25, -0.2) is 14.8 Å². The minimum Gasteiger partial charge on any atom is -0.463 e. The van der Waals surface area contributed by atoms with Crippen molar-refractivity contribution in [1.82, 2.24) is 9.97 Å². The minimum atomic E-state index is -0.548. The molecule has 6 nitrogen and oxygen atoms in total.